The average Bonchev–Trinajstić information content (AvgIpc) is 3.33. The molecule has 1 saturated carbocycles. The van der Waals surface area contributed by atoms with Gasteiger partial charge in [-0.05, 0) is 49.1 Å². The second kappa shape index (κ2) is 10.7. The maximum absolute atomic E-state index is 13.6. The Balaban J connectivity index is 1.38. The highest BCUT2D eigenvalue weighted by Gasteiger charge is 2.16. The van der Waals surface area contributed by atoms with Crippen LogP contribution in [0.2, 0.25) is 10.0 Å². The topological polar surface area (TPSA) is 91.5 Å². The summed E-state index contributed by atoms with van der Waals surface area (Å²) < 4.78 is 15.6. The minimum Gasteiger partial charge on any atom is -0.379 e. The van der Waals surface area contributed by atoms with E-state index in [1.54, 1.807) is 12.1 Å². The van der Waals surface area contributed by atoms with Crippen LogP contribution in [0.4, 0.5) is 21.5 Å². The molecule has 0 saturated heterocycles. The Bertz CT molecular complexity index is 1440. The summed E-state index contributed by atoms with van der Waals surface area (Å²) in [5, 5.41) is 25.9. The summed E-state index contributed by atoms with van der Waals surface area (Å²) in [5.74, 6) is 0.150. The number of hydrogen-bond donors (Lipinski definition) is 2. The lowest BCUT2D eigenvalue weighted by molar-refractivity contribution is 0.305. The van der Waals surface area contributed by atoms with Crippen LogP contribution in [-0.2, 0) is 13.1 Å². The third-order valence-corrected chi connectivity index (χ3v) is 7.04. The normalized spacial score (nSPS) is 14.1. The molecule has 0 amide bonds. The zero-order valence-corrected chi connectivity index (χ0v) is 21.0. The second-order valence-corrected chi connectivity index (χ2v) is 9.87. The summed E-state index contributed by atoms with van der Waals surface area (Å²) in [6.07, 6.45) is 9.86. The standard InChI is InChI=1S/C26H24Cl2FN7/c27-22-9-18(6-7-24(22)29)33-25-17(11-30)12-32-26-21(25)8-19(10-23(26)28)31-13-20-15-36(35-34-20)14-16-4-2-1-3-5-16/h6-10,12,15-16,31H,1-5,13-14H2,(H,32,33). The van der Waals surface area contributed by atoms with E-state index in [0.717, 1.165) is 17.9 Å². The molecule has 0 aliphatic heterocycles. The van der Waals surface area contributed by atoms with Gasteiger partial charge in [0, 0.05) is 29.5 Å². The van der Waals surface area contributed by atoms with Crippen LogP contribution >= 0.6 is 23.2 Å². The quantitative estimate of drug-likeness (QED) is 0.269. The number of fused-ring (bicyclic) bond motifs is 1. The molecule has 0 atom stereocenters. The first-order chi connectivity index (χ1) is 17.5. The summed E-state index contributed by atoms with van der Waals surface area (Å²) in [7, 11) is 0. The third kappa shape index (κ3) is 5.38. The molecular weight excluding hydrogens is 500 g/mol. The molecule has 1 fully saturated rings. The molecule has 2 heterocycles. The van der Waals surface area contributed by atoms with Crippen molar-refractivity contribution in [2.24, 2.45) is 5.92 Å². The molecule has 0 radical (unpaired) electrons. The summed E-state index contributed by atoms with van der Waals surface area (Å²) in [6, 6.07) is 10.1. The van der Waals surface area contributed by atoms with Crippen molar-refractivity contribution in [3.8, 4) is 6.07 Å². The van der Waals surface area contributed by atoms with Gasteiger partial charge < -0.3 is 10.6 Å². The summed E-state index contributed by atoms with van der Waals surface area (Å²) in [4.78, 5) is 4.37. The van der Waals surface area contributed by atoms with Crippen molar-refractivity contribution in [2.75, 3.05) is 10.6 Å². The average molecular weight is 524 g/mol. The molecule has 7 nitrogen and oxygen atoms in total. The lowest BCUT2D eigenvalue weighted by Crippen LogP contribution is -2.14. The van der Waals surface area contributed by atoms with Gasteiger partial charge in [-0.2, -0.15) is 5.26 Å². The maximum atomic E-state index is 13.6. The van der Waals surface area contributed by atoms with Gasteiger partial charge in [0.2, 0.25) is 0 Å². The first-order valence-electron chi connectivity index (χ1n) is 11.9. The van der Waals surface area contributed by atoms with E-state index in [0.29, 0.717) is 45.3 Å². The Kier molecular flexibility index (Phi) is 7.21. The van der Waals surface area contributed by atoms with Crippen molar-refractivity contribution in [1.82, 2.24) is 20.0 Å². The Morgan fingerprint density at radius 2 is 1.89 bits per heavy atom. The Hall–Kier alpha value is -3.41. The Labute approximate surface area is 218 Å². The van der Waals surface area contributed by atoms with Gasteiger partial charge in [0.25, 0.3) is 0 Å². The monoisotopic (exact) mass is 523 g/mol. The van der Waals surface area contributed by atoms with Crippen molar-refractivity contribution in [3.63, 3.8) is 0 Å². The molecule has 5 rings (SSSR count). The van der Waals surface area contributed by atoms with Crippen LogP contribution in [0.15, 0.2) is 42.7 Å². The fourth-order valence-corrected chi connectivity index (χ4v) is 5.08. The van der Waals surface area contributed by atoms with Crippen molar-refractivity contribution in [1.29, 1.82) is 5.26 Å². The van der Waals surface area contributed by atoms with Crippen LogP contribution in [0, 0.1) is 23.1 Å². The van der Waals surface area contributed by atoms with Gasteiger partial charge in [-0.15, -0.1) is 5.10 Å². The van der Waals surface area contributed by atoms with Crippen molar-refractivity contribution >= 4 is 51.2 Å². The number of nitriles is 1. The highest BCUT2D eigenvalue weighted by atomic mass is 35.5. The van der Waals surface area contributed by atoms with Gasteiger partial charge in [0.05, 0.1) is 39.6 Å². The maximum Gasteiger partial charge on any atom is 0.141 e. The van der Waals surface area contributed by atoms with Gasteiger partial charge in [-0.25, -0.2) is 4.39 Å². The van der Waals surface area contributed by atoms with Crippen LogP contribution in [0.25, 0.3) is 10.9 Å². The van der Waals surface area contributed by atoms with E-state index in [4.69, 9.17) is 23.2 Å². The molecule has 36 heavy (non-hydrogen) atoms. The smallest absolute Gasteiger partial charge is 0.141 e. The molecule has 10 heteroatoms. The molecule has 2 aromatic carbocycles. The van der Waals surface area contributed by atoms with Crippen molar-refractivity contribution < 1.29 is 4.39 Å². The summed E-state index contributed by atoms with van der Waals surface area (Å²) in [5.41, 5.74) is 3.47. The molecule has 1 aliphatic carbocycles. The number of rotatable bonds is 7. The molecule has 2 N–H and O–H groups in total. The van der Waals surface area contributed by atoms with Gasteiger partial charge >= 0.3 is 0 Å². The summed E-state index contributed by atoms with van der Waals surface area (Å²) >= 11 is 12.5. The molecule has 1 aliphatic rings. The van der Waals surface area contributed by atoms with Crippen LogP contribution in [0.1, 0.15) is 43.4 Å². The summed E-state index contributed by atoms with van der Waals surface area (Å²) in [6.45, 7) is 1.37. The number of benzene rings is 2. The van der Waals surface area contributed by atoms with E-state index in [-0.39, 0.29) is 5.02 Å². The predicted molar refractivity (Wildman–Crippen MR) is 140 cm³/mol. The SMILES string of the molecule is N#Cc1cnc2c(Cl)cc(NCc3cn(CC4CCCCC4)nn3)cc2c1Nc1ccc(F)c(Cl)c1. The molecule has 184 valence electrons. The number of hydrogen-bond acceptors (Lipinski definition) is 6. The lowest BCUT2D eigenvalue weighted by atomic mass is 9.89. The van der Waals surface area contributed by atoms with Gasteiger partial charge in [0.15, 0.2) is 0 Å². The molecule has 0 unspecified atom stereocenters. The first-order valence-corrected chi connectivity index (χ1v) is 12.6. The fraction of sp³-hybridized carbons (Fsp3) is 0.308. The van der Waals surface area contributed by atoms with E-state index >= 15 is 0 Å². The number of nitrogens with one attached hydrogen (secondary N) is 2. The van der Waals surface area contributed by atoms with Crippen molar-refractivity contribution in [2.45, 2.75) is 45.2 Å². The molecule has 0 spiro atoms. The number of anilines is 3. The minimum absolute atomic E-state index is 0.0196. The Morgan fingerprint density at radius 3 is 2.67 bits per heavy atom. The fourth-order valence-electron chi connectivity index (χ4n) is 4.63. The van der Waals surface area contributed by atoms with Gasteiger partial charge in [-0.3, -0.25) is 9.67 Å². The predicted octanol–water partition coefficient (Wildman–Crippen LogP) is 7.08. The van der Waals surface area contributed by atoms with Crippen LogP contribution in [0.3, 0.4) is 0 Å². The zero-order valence-electron chi connectivity index (χ0n) is 19.4. The molecular formula is C26H24Cl2FN7. The van der Waals surface area contributed by atoms with E-state index in [1.807, 2.05) is 16.9 Å². The second-order valence-electron chi connectivity index (χ2n) is 9.06. The first kappa shape index (κ1) is 24.3. The van der Waals surface area contributed by atoms with E-state index in [9.17, 15) is 9.65 Å². The number of nitrogens with zero attached hydrogens (tertiary/aromatic N) is 5. The largest absolute Gasteiger partial charge is 0.379 e. The van der Waals surface area contributed by atoms with E-state index in [2.05, 4.69) is 32.0 Å². The number of halogens is 3. The Morgan fingerprint density at radius 1 is 1.08 bits per heavy atom. The lowest BCUT2D eigenvalue weighted by Gasteiger charge is -2.20. The van der Waals surface area contributed by atoms with Crippen LogP contribution < -0.4 is 10.6 Å². The molecule has 4 aromatic rings. The van der Waals surface area contributed by atoms with Gasteiger partial charge in [0.1, 0.15) is 17.6 Å². The molecule has 2 aromatic heterocycles. The highest BCUT2D eigenvalue weighted by molar-refractivity contribution is 6.36. The zero-order chi connectivity index (χ0) is 25.1. The van der Waals surface area contributed by atoms with Crippen molar-refractivity contribution in [3.05, 3.63) is 69.8 Å². The van der Waals surface area contributed by atoms with E-state index in [1.165, 1.54) is 50.4 Å². The highest BCUT2D eigenvalue weighted by Crippen LogP contribution is 2.35. The molecule has 0 bridgehead atoms. The van der Waals surface area contributed by atoms with Gasteiger partial charge in [-0.1, -0.05) is 47.7 Å². The number of aromatic nitrogens is 4. The third-order valence-electron chi connectivity index (χ3n) is 6.46. The minimum atomic E-state index is -0.521. The van der Waals surface area contributed by atoms with Crippen LogP contribution in [-0.4, -0.2) is 20.0 Å². The number of pyridine rings is 1. The van der Waals surface area contributed by atoms with E-state index < -0.39 is 5.82 Å². The van der Waals surface area contributed by atoms with Crippen LogP contribution in [0.5, 0.6) is 0 Å².